The summed E-state index contributed by atoms with van der Waals surface area (Å²) in [6.45, 7) is 0. The number of benzene rings is 1. The molecule has 0 radical (unpaired) electrons. The molecular weight excluding hydrogens is 278 g/mol. The molecule has 0 aromatic heterocycles. The molecule has 88 valence electrons. The Morgan fingerprint density at radius 2 is 1.75 bits per heavy atom. The Kier molecular flexibility index (Phi) is 3.79. The summed E-state index contributed by atoms with van der Waals surface area (Å²) in [5.41, 5.74) is 0.578. The molecule has 0 atom stereocenters. The third kappa shape index (κ3) is 2.54. The molecule has 0 bridgehead atoms. The molecule has 16 heavy (non-hydrogen) atoms. The zero-order valence-corrected chi connectivity index (χ0v) is 10.4. The molecule has 1 aromatic rings. The van der Waals surface area contributed by atoms with E-state index >= 15 is 0 Å². The number of hydrogen-bond acceptors (Lipinski definition) is 1. The molecule has 1 aromatic carbocycles. The maximum atomic E-state index is 13.6. The molecular formula is C12H13BrF2O. The van der Waals surface area contributed by atoms with Gasteiger partial charge in [0.15, 0.2) is 17.4 Å². The molecule has 0 heterocycles. The van der Waals surface area contributed by atoms with E-state index < -0.39 is 11.6 Å². The van der Waals surface area contributed by atoms with Crippen LogP contribution >= 0.6 is 15.9 Å². The Bertz CT molecular complexity index is 352. The van der Waals surface area contributed by atoms with Crippen LogP contribution in [0.3, 0.4) is 0 Å². The van der Waals surface area contributed by atoms with Crippen molar-refractivity contribution >= 4 is 15.9 Å². The Morgan fingerprint density at radius 3 is 2.25 bits per heavy atom. The lowest BCUT2D eigenvalue weighted by Gasteiger charge is -2.14. The molecule has 1 fully saturated rings. The lowest BCUT2D eigenvalue weighted by Crippen LogP contribution is -2.13. The molecule has 1 saturated carbocycles. The van der Waals surface area contributed by atoms with Crippen LogP contribution in [0.1, 0.15) is 31.2 Å². The van der Waals surface area contributed by atoms with Crippen LogP contribution in [0.2, 0.25) is 0 Å². The van der Waals surface area contributed by atoms with Crippen molar-refractivity contribution in [2.45, 2.75) is 37.1 Å². The first-order valence-electron chi connectivity index (χ1n) is 5.41. The third-order valence-electron chi connectivity index (χ3n) is 2.80. The highest BCUT2D eigenvalue weighted by molar-refractivity contribution is 9.08. The fraction of sp³-hybridized carbons (Fsp3) is 0.500. The summed E-state index contributed by atoms with van der Waals surface area (Å²) in [7, 11) is 0. The monoisotopic (exact) mass is 290 g/mol. The van der Waals surface area contributed by atoms with Crippen molar-refractivity contribution < 1.29 is 13.5 Å². The summed E-state index contributed by atoms with van der Waals surface area (Å²) in [5.74, 6) is -1.45. The first-order chi connectivity index (χ1) is 7.70. The minimum atomic E-state index is -0.610. The van der Waals surface area contributed by atoms with Crippen LogP contribution in [0.15, 0.2) is 12.1 Å². The Hall–Kier alpha value is -0.640. The van der Waals surface area contributed by atoms with Crippen LogP contribution in [0.4, 0.5) is 8.78 Å². The van der Waals surface area contributed by atoms with E-state index in [1.807, 2.05) is 0 Å². The predicted octanol–water partition coefficient (Wildman–Crippen LogP) is 4.18. The Balaban J connectivity index is 2.19. The van der Waals surface area contributed by atoms with Crippen LogP contribution in [0.25, 0.3) is 0 Å². The quantitative estimate of drug-likeness (QED) is 0.759. The molecule has 0 N–H and O–H groups in total. The number of rotatable bonds is 3. The van der Waals surface area contributed by atoms with E-state index in [1.54, 1.807) is 0 Å². The molecule has 1 aliphatic rings. The van der Waals surface area contributed by atoms with Crippen molar-refractivity contribution in [1.29, 1.82) is 0 Å². The number of halogens is 3. The minimum absolute atomic E-state index is 0.0289. The molecule has 0 spiro atoms. The minimum Gasteiger partial charge on any atom is -0.484 e. The molecule has 0 amide bonds. The summed E-state index contributed by atoms with van der Waals surface area (Å²) >= 11 is 3.16. The summed E-state index contributed by atoms with van der Waals surface area (Å²) < 4.78 is 32.5. The van der Waals surface area contributed by atoms with Gasteiger partial charge in [-0.2, -0.15) is 0 Å². The first kappa shape index (κ1) is 11.8. The zero-order valence-electron chi connectivity index (χ0n) is 8.81. The summed E-state index contributed by atoms with van der Waals surface area (Å²) in [4.78, 5) is 0. The van der Waals surface area contributed by atoms with E-state index in [4.69, 9.17) is 4.74 Å². The molecule has 1 aliphatic carbocycles. The molecule has 4 heteroatoms. The normalized spacial score (nSPS) is 16.7. The van der Waals surface area contributed by atoms with E-state index in [9.17, 15) is 8.78 Å². The van der Waals surface area contributed by atoms with Gasteiger partial charge in [-0.25, -0.2) is 8.78 Å². The van der Waals surface area contributed by atoms with Gasteiger partial charge in [-0.1, -0.05) is 15.9 Å². The molecule has 2 rings (SSSR count). The van der Waals surface area contributed by atoms with Crippen LogP contribution in [-0.4, -0.2) is 6.10 Å². The topological polar surface area (TPSA) is 9.23 Å². The van der Waals surface area contributed by atoms with Gasteiger partial charge in [0.25, 0.3) is 0 Å². The fourth-order valence-corrected chi connectivity index (χ4v) is 2.30. The van der Waals surface area contributed by atoms with Crippen molar-refractivity contribution in [1.82, 2.24) is 0 Å². The lowest BCUT2D eigenvalue weighted by molar-refractivity contribution is 0.191. The Morgan fingerprint density at radius 1 is 1.19 bits per heavy atom. The highest BCUT2D eigenvalue weighted by atomic mass is 79.9. The fourth-order valence-electron chi connectivity index (χ4n) is 1.97. The van der Waals surface area contributed by atoms with Crippen molar-refractivity contribution in [3.05, 3.63) is 29.3 Å². The average molecular weight is 291 g/mol. The van der Waals surface area contributed by atoms with Gasteiger partial charge in [0.05, 0.1) is 6.10 Å². The van der Waals surface area contributed by atoms with Gasteiger partial charge in [-0.05, 0) is 43.4 Å². The predicted molar refractivity (Wildman–Crippen MR) is 61.9 cm³/mol. The third-order valence-corrected chi connectivity index (χ3v) is 3.45. The largest absolute Gasteiger partial charge is 0.484 e. The van der Waals surface area contributed by atoms with Crippen LogP contribution in [-0.2, 0) is 5.33 Å². The van der Waals surface area contributed by atoms with E-state index in [0.717, 1.165) is 25.7 Å². The van der Waals surface area contributed by atoms with Gasteiger partial charge >= 0.3 is 0 Å². The summed E-state index contributed by atoms with van der Waals surface area (Å²) in [6.07, 6.45) is 3.90. The standard InChI is InChI=1S/C12H13BrF2O/c13-7-8-5-10(14)12(11(15)6-8)16-9-3-1-2-4-9/h5-6,9H,1-4,7H2. The summed E-state index contributed by atoms with van der Waals surface area (Å²) in [5, 5.41) is 0.435. The second kappa shape index (κ2) is 5.13. The van der Waals surface area contributed by atoms with E-state index in [2.05, 4.69) is 15.9 Å². The number of ether oxygens (including phenoxy) is 1. The van der Waals surface area contributed by atoms with E-state index in [0.29, 0.717) is 10.9 Å². The van der Waals surface area contributed by atoms with Gasteiger partial charge in [0.1, 0.15) is 0 Å². The second-order valence-electron chi connectivity index (χ2n) is 4.05. The van der Waals surface area contributed by atoms with Gasteiger partial charge in [0, 0.05) is 5.33 Å². The van der Waals surface area contributed by atoms with Gasteiger partial charge in [-0.3, -0.25) is 0 Å². The second-order valence-corrected chi connectivity index (χ2v) is 4.61. The highest BCUT2D eigenvalue weighted by Crippen LogP contribution is 2.29. The van der Waals surface area contributed by atoms with Gasteiger partial charge < -0.3 is 4.74 Å². The lowest BCUT2D eigenvalue weighted by atomic mass is 10.2. The number of hydrogen-bond donors (Lipinski definition) is 0. The maximum Gasteiger partial charge on any atom is 0.191 e. The van der Waals surface area contributed by atoms with Crippen molar-refractivity contribution in [3.8, 4) is 5.75 Å². The van der Waals surface area contributed by atoms with Crippen LogP contribution < -0.4 is 4.74 Å². The smallest absolute Gasteiger partial charge is 0.191 e. The first-order valence-corrected chi connectivity index (χ1v) is 6.53. The van der Waals surface area contributed by atoms with Crippen LogP contribution in [0.5, 0.6) is 5.75 Å². The molecule has 1 nitrogen and oxygen atoms in total. The summed E-state index contributed by atoms with van der Waals surface area (Å²) in [6, 6.07) is 2.62. The van der Waals surface area contributed by atoms with Crippen LogP contribution in [0, 0.1) is 11.6 Å². The maximum absolute atomic E-state index is 13.6. The van der Waals surface area contributed by atoms with Crippen molar-refractivity contribution in [3.63, 3.8) is 0 Å². The zero-order chi connectivity index (χ0) is 11.5. The van der Waals surface area contributed by atoms with Crippen molar-refractivity contribution in [2.75, 3.05) is 0 Å². The van der Waals surface area contributed by atoms with E-state index in [1.165, 1.54) is 12.1 Å². The number of alkyl halides is 1. The molecule has 0 unspecified atom stereocenters. The molecule has 0 aliphatic heterocycles. The Labute approximate surface area is 102 Å². The van der Waals surface area contributed by atoms with E-state index in [-0.39, 0.29) is 11.9 Å². The van der Waals surface area contributed by atoms with Gasteiger partial charge in [0.2, 0.25) is 0 Å². The average Bonchev–Trinajstić information content (AvgIpc) is 2.75. The van der Waals surface area contributed by atoms with Crippen molar-refractivity contribution in [2.24, 2.45) is 0 Å². The molecule has 0 saturated heterocycles. The highest BCUT2D eigenvalue weighted by Gasteiger charge is 2.21. The van der Waals surface area contributed by atoms with Gasteiger partial charge in [-0.15, -0.1) is 0 Å². The SMILES string of the molecule is Fc1cc(CBr)cc(F)c1OC1CCCC1.